The molecule has 0 aliphatic carbocycles. The van der Waals surface area contributed by atoms with Crippen LogP contribution in [0.15, 0.2) is 66.9 Å². The Hall–Kier alpha value is -3.84. The summed E-state index contributed by atoms with van der Waals surface area (Å²) in [5, 5.41) is 3.23. The molecule has 0 unspecified atom stereocenters. The molecule has 36 heavy (non-hydrogen) atoms. The van der Waals surface area contributed by atoms with Gasteiger partial charge in [0.25, 0.3) is 5.91 Å². The first kappa shape index (κ1) is 25.3. The van der Waals surface area contributed by atoms with E-state index in [1.807, 2.05) is 41.3 Å². The van der Waals surface area contributed by atoms with E-state index >= 15 is 0 Å². The fourth-order valence-corrected chi connectivity index (χ4v) is 4.20. The molecule has 1 fully saturated rings. The maximum absolute atomic E-state index is 12.7. The highest BCUT2D eigenvalue weighted by molar-refractivity contribution is 6.32. The largest absolute Gasteiger partial charge is 0.490 e. The van der Waals surface area contributed by atoms with E-state index in [0.717, 1.165) is 42.6 Å². The molecule has 0 atom stereocenters. The van der Waals surface area contributed by atoms with Crippen LogP contribution in [0.2, 0.25) is 5.02 Å². The van der Waals surface area contributed by atoms with Crippen LogP contribution in [0.1, 0.15) is 35.2 Å². The first-order valence-electron chi connectivity index (χ1n) is 12.0. The summed E-state index contributed by atoms with van der Waals surface area (Å²) < 4.78 is 5.73. The lowest BCUT2D eigenvalue weighted by atomic mass is 10.0. The standard InChI is InChI=1S/C28H29ClN4O3/c29-24-18-23(21-6-8-22(9-7-21)28(35)33-15-2-1-3-16-33)10-11-25(24)36-17-14-31-27(34)13-5-20-4-12-26(30)32-19-20/h4-13,18-19H,1-3,14-17H2,(H2,30,32)(H,31,34)/b13-5+. The third-order valence-electron chi connectivity index (χ3n) is 5.94. The second kappa shape index (κ2) is 12.2. The van der Waals surface area contributed by atoms with Gasteiger partial charge in [-0.15, -0.1) is 0 Å². The first-order chi connectivity index (χ1) is 17.5. The third kappa shape index (κ3) is 6.86. The number of carbonyl (C=O) groups is 2. The lowest BCUT2D eigenvalue weighted by Gasteiger charge is -2.26. The summed E-state index contributed by atoms with van der Waals surface area (Å²) in [5.74, 6) is 0.820. The van der Waals surface area contributed by atoms with Gasteiger partial charge in [-0.1, -0.05) is 29.8 Å². The van der Waals surface area contributed by atoms with E-state index in [2.05, 4.69) is 10.3 Å². The maximum atomic E-state index is 12.7. The van der Waals surface area contributed by atoms with Crippen molar-refractivity contribution in [2.75, 3.05) is 32.0 Å². The average Bonchev–Trinajstić information content (AvgIpc) is 2.91. The summed E-state index contributed by atoms with van der Waals surface area (Å²) in [6, 6.07) is 16.6. The van der Waals surface area contributed by atoms with Crippen LogP contribution < -0.4 is 15.8 Å². The number of halogens is 1. The average molecular weight is 505 g/mol. The van der Waals surface area contributed by atoms with E-state index in [-0.39, 0.29) is 18.4 Å². The third-order valence-corrected chi connectivity index (χ3v) is 6.23. The summed E-state index contributed by atoms with van der Waals surface area (Å²) in [6.45, 7) is 2.27. The number of rotatable bonds is 8. The Kier molecular flexibility index (Phi) is 8.57. The van der Waals surface area contributed by atoms with Crippen LogP contribution in [0, 0.1) is 0 Å². The maximum Gasteiger partial charge on any atom is 0.253 e. The molecule has 0 bridgehead atoms. The summed E-state index contributed by atoms with van der Waals surface area (Å²) in [7, 11) is 0. The van der Waals surface area contributed by atoms with Crippen LogP contribution in [0.3, 0.4) is 0 Å². The molecular weight excluding hydrogens is 476 g/mol. The number of nitrogens with one attached hydrogen (secondary N) is 1. The quantitative estimate of drug-likeness (QED) is 0.338. The summed E-state index contributed by atoms with van der Waals surface area (Å²) >= 11 is 6.43. The Labute approximate surface area is 215 Å². The van der Waals surface area contributed by atoms with E-state index in [9.17, 15) is 9.59 Å². The Bertz CT molecular complexity index is 1220. The predicted octanol–water partition coefficient (Wildman–Crippen LogP) is 4.82. The molecule has 3 N–H and O–H groups in total. The van der Waals surface area contributed by atoms with Crippen LogP contribution in [0.25, 0.3) is 17.2 Å². The number of nitrogens with zero attached hydrogens (tertiary/aromatic N) is 2. The number of hydrogen-bond acceptors (Lipinski definition) is 5. The van der Waals surface area contributed by atoms with E-state index in [1.54, 1.807) is 30.5 Å². The van der Waals surface area contributed by atoms with Gasteiger partial charge in [-0.25, -0.2) is 4.98 Å². The molecule has 1 aromatic heterocycles. The fourth-order valence-electron chi connectivity index (χ4n) is 3.96. The number of nitrogens with two attached hydrogens (primary N) is 1. The van der Waals surface area contributed by atoms with Crippen molar-refractivity contribution in [2.45, 2.75) is 19.3 Å². The minimum absolute atomic E-state index is 0.0906. The molecule has 8 heteroatoms. The van der Waals surface area contributed by atoms with E-state index in [1.165, 1.54) is 12.5 Å². The molecule has 2 heterocycles. The molecule has 1 aliphatic heterocycles. The van der Waals surface area contributed by atoms with Crippen molar-refractivity contribution in [1.29, 1.82) is 0 Å². The smallest absolute Gasteiger partial charge is 0.253 e. The second-order valence-electron chi connectivity index (χ2n) is 8.56. The zero-order valence-electron chi connectivity index (χ0n) is 20.0. The van der Waals surface area contributed by atoms with Gasteiger partial charge in [0.05, 0.1) is 11.6 Å². The second-order valence-corrected chi connectivity index (χ2v) is 8.97. The highest BCUT2D eigenvalue weighted by Crippen LogP contribution is 2.30. The highest BCUT2D eigenvalue weighted by atomic mass is 35.5. The van der Waals surface area contributed by atoms with Crippen molar-refractivity contribution in [3.8, 4) is 16.9 Å². The SMILES string of the molecule is Nc1ccc(/C=C/C(=O)NCCOc2ccc(-c3ccc(C(=O)N4CCCCC4)cc3)cc2Cl)cn1. The molecular formula is C28H29ClN4O3. The van der Waals surface area contributed by atoms with E-state index < -0.39 is 0 Å². The monoisotopic (exact) mass is 504 g/mol. The number of hydrogen-bond donors (Lipinski definition) is 2. The minimum atomic E-state index is -0.237. The van der Waals surface area contributed by atoms with Crippen LogP contribution in [-0.4, -0.2) is 47.9 Å². The number of benzene rings is 2. The summed E-state index contributed by atoms with van der Waals surface area (Å²) in [5.41, 5.74) is 8.93. The molecule has 1 saturated heterocycles. The lowest BCUT2D eigenvalue weighted by Crippen LogP contribution is -2.35. The van der Waals surface area contributed by atoms with Gasteiger partial charge in [0.15, 0.2) is 0 Å². The van der Waals surface area contributed by atoms with Gasteiger partial charge in [-0.3, -0.25) is 9.59 Å². The van der Waals surface area contributed by atoms with Crippen molar-refractivity contribution in [1.82, 2.24) is 15.2 Å². The number of anilines is 1. The number of ether oxygens (including phenoxy) is 1. The predicted molar refractivity (Wildman–Crippen MR) is 143 cm³/mol. The van der Waals surface area contributed by atoms with Gasteiger partial charge >= 0.3 is 0 Å². The van der Waals surface area contributed by atoms with E-state index in [4.69, 9.17) is 22.1 Å². The van der Waals surface area contributed by atoms with Crippen LogP contribution in [0.5, 0.6) is 5.75 Å². The number of piperidine rings is 1. The molecule has 2 amide bonds. The first-order valence-corrected chi connectivity index (χ1v) is 12.4. The normalized spacial score (nSPS) is 13.5. The number of carbonyl (C=O) groups excluding carboxylic acids is 2. The lowest BCUT2D eigenvalue weighted by molar-refractivity contribution is -0.116. The molecule has 4 rings (SSSR count). The highest BCUT2D eigenvalue weighted by Gasteiger charge is 2.18. The molecule has 0 spiro atoms. The number of aromatic nitrogens is 1. The molecule has 2 aromatic carbocycles. The molecule has 3 aromatic rings. The Morgan fingerprint density at radius 2 is 1.78 bits per heavy atom. The fraction of sp³-hybridized carbons (Fsp3) is 0.250. The van der Waals surface area contributed by atoms with Gasteiger partial charge in [0.1, 0.15) is 18.2 Å². The molecule has 186 valence electrons. The topological polar surface area (TPSA) is 97.6 Å². The summed E-state index contributed by atoms with van der Waals surface area (Å²) in [6.07, 6.45) is 8.02. The van der Waals surface area contributed by atoms with Crippen LogP contribution >= 0.6 is 11.6 Å². The number of amides is 2. The van der Waals surface area contributed by atoms with Gasteiger partial charge in [-0.05, 0) is 78.4 Å². The summed E-state index contributed by atoms with van der Waals surface area (Å²) in [4.78, 5) is 30.6. The Morgan fingerprint density at radius 3 is 2.47 bits per heavy atom. The number of nitrogen functional groups attached to an aromatic ring is 1. The zero-order chi connectivity index (χ0) is 25.3. The molecule has 7 nitrogen and oxygen atoms in total. The van der Waals surface area contributed by atoms with Gasteiger partial charge in [0, 0.05) is 30.9 Å². The van der Waals surface area contributed by atoms with Crippen molar-refractivity contribution in [3.63, 3.8) is 0 Å². The van der Waals surface area contributed by atoms with Gasteiger partial charge < -0.3 is 20.7 Å². The molecule has 0 radical (unpaired) electrons. The Balaban J connectivity index is 1.26. The zero-order valence-corrected chi connectivity index (χ0v) is 20.7. The molecule has 1 aliphatic rings. The number of likely N-dealkylation sites (tertiary alicyclic amines) is 1. The van der Waals surface area contributed by atoms with Gasteiger partial charge in [0.2, 0.25) is 5.91 Å². The van der Waals surface area contributed by atoms with Crippen molar-refractivity contribution >= 4 is 35.3 Å². The minimum Gasteiger partial charge on any atom is -0.490 e. The molecule has 0 saturated carbocycles. The van der Waals surface area contributed by atoms with Crippen molar-refractivity contribution < 1.29 is 14.3 Å². The van der Waals surface area contributed by atoms with Crippen LogP contribution in [-0.2, 0) is 4.79 Å². The van der Waals surface area contributed by atoms with Crippen LogP contribution in [0.4, 0.5) is 5.82 Å². The number of pyridine rings is 1. The van der Waals surface area contributed by atoms with Crippen molar-refractivity contribution in [2.24, 2.45) is 0 Å². The Morgan fingerprint density at radius 1 is 1.03 bits per heavy atom. The van der Waals surface area contributed by atoms with E-state index in [0.29, 0.717) is 28.7 Å². The van der Waals surface area contributed by atoms with Gasteiger partial charge in [-0.2, -0.15) is 0 Å². The van der Waals surface area contributed by atoms with Crippen molar-refractivity contribution in [3.05, 3.63) is 83.0 Å².